The predicted octanol–water partition coefficient (Wildman–Crippen LogP) is 2.85. The van der Waals surface area contributed by atoms with E-state index in [1.807, 2.05) is 42.5 Å². The first-order valence-corrected chi connectivity index (χ1v) is 9.02. The van der Waals surface area contributed by atoms with Crippen molar-refractivity contribution in [3.05, 3.63) is 95.6 Å². The molecule has 0 aliphatic heterocycles. The third-order valence-corrected chi connectivity index (χ3v) is 4.02. The Labute approximate surface area is 167 Å². The molecule has 0 spiro atoms. The highest BCUT2D eigenvalue weighted by atomic mass is 19.1. The maximum atomic E-state index is 13.1. The van der Waals surface area contributed by atoms with Gasteiger partial charge in [-0.15, -0.1) is 0 Å². The number of halogens is 1. The van der Waals surface area contributed by atoms with Crippen molar-refractivity contribution in [3.63, 3.8) is 0 Å². The van der Waals surface area contributed by atoms with Crippen LogP contribution in [0.15, 0.2) is 72.9 Å². The molecule has 3 aromatic rings. The maximum Gasteiger partial charge on any atom is 0.251 e. The van der Waals surface area contributed by atoms with E-state index in [4.69, 9.17) is 4.74 Å². The number of nitrogens with one attached hydrogen (secondary N) is 2. The Balaban J connectivity index is 1.40. The molecule has 0 unspecified atom stereocenters. The van der Waals surface area contributed by atoms with Gasteiger partial charge in [-0.3, -0.25) is 14.6 Å². The highest BCUT2D eigenvalue weighted by molar-refractivity contribution is 5.96. The number of carbonyl (C=O) groups is 2. The van der Waals surface area contributed by atoms with Gasteiger partial charge >= 0.3 is 0 Å². The molecule has 3 rings (SSSR count). The van der Waals surface area contributed by atoms with E-state index >= 15 is 0 Å². The van der Waals surface area contributed by atoms with Gasteiger partial charge in [0.05, 0.1) is 12.2 Å². The summed E-state index contributed by atoms with van der Waals surface area (Å²) >= 11 is 0. The molecular formula is C22H20FN3O3. The van der Waals surface area contributed by atoms with Crippen LogP contribution in [0.3, 0.4) is 0 Å². The minimum Gasteiger partial charge on any atom is -0.487 e. The number of nitrogens with zero attached hydrogens (tertiary/aromatic N) is 1. The molecule has 2 amide bonds. The number of pyridine rings is 1. The average molecular weight is 393 g/mol. The lowest BCUT2D eigenvalue weighted by Gasteiger charge is -2.09. The molecule has 7 heteroatoms. The Morgan fingerprint density at radius 3 is 2.52 bits per heavy atom. The predicted molar refractivity (Wildman–Crippen MR) is 106 cm³/mol. The van der Waals surface area contributed by atoms with Crippen molar-refractivity contribution in [3.8, 4) is 5.75 Å². The first kappa shape index (κ1) is 20.0. The third-order valence-electron chi connectivity index (χ3n) is 4.02. The van der Waals surface area contributed by atoms with Gasteiger partial charge < -0.3 is 15.4 Å². The van der Waals surface area contributed by atoms with Crippen molar-refractivity contribution in [1.82, 2.24) is 15.6 Å². The molecule has 0 saturated heterocycles. The average Bonchev–Trinajstić information content (AvgIpc) is 2.76. The van der Waals surface area contributed by atoms with Gasteiger partial charge in [0, 0.05) is 18.3 Å². The molecule has 1 heterocycles. The van der Waals surface area contributed by atoms with E-state index in [-0.39, 0.29) is 18.0 Å². The molecule has 0 aliphatic carbocycles. The van der Waals surface area contributed by atoms with Crippen LogP contribution in [0, 0.1) is 5.82 Å². The number of hydrogen-bond donors (Lipinski definition) is 2. The molecule has 2 aromatic carbocycles. The van der Waals surface area contributed by atoms with Gasteiger partial charge in [-0.25, -0.2) is 4.39 Å². The lowest BCUT2D eigenvalue weighted by Crippen LogP contribution is -2.36. The number of hydrogen-bond acceptors (Lipinski definition) is 4. The number of benzene rings is 2. The Hall–Kier alpha value is -3.74. The molecule has 0 radical (unpaired) electrons. The lowest BCUT2D eigenvalue weighted by molar-refractivity contribution is -0.120. The van der Waals surface area contributed by atoms with Crippen LogP contribution in [0.2, 0.25) is 0 Å². The van der Waals surface area contributed by atoms with Crippen molar-refractivity contribution in [2.24, 2.45) is 0 Å². The summed E-state index contributed by atoms with van der Waals surface area (Å²) in [6.45, 7) is 0.498. The maximum absolute atomic E-state index is 13.1. The molecule has 0 aliphatic rings. The molecule has 0 saturated carbocycles. The van der Waals surface area contributed by atoms with Gasteiger partial charge in [-0.1, -0.05) is 24.3 Å². The van der Waals surface area contributed by atoms with Crippen molar-refractivity contribution in [2.75, 3.05) is 6.54 Å². The summed E-state index contributed by atoms with van der Waals surface area (Å²) in [5.41, 5.74) is 1.89. The standard InChI is InChI=1S/C22H20FN3O3/c23-18-5-3-4-17(12-18)22(28)26-14-21(27)25-13-16-7-9-20(10-8-16)29-15-19-6-1-2-11-24-19/h1-12H,13-15H2,(H,25,27)(H,26,28). The molecule has 29 heavy (non-hydrogen) atoms. The summed E-state index contributed by atoms with van der Waals surface area (Å²) in [4.78, 5) is 28.0. The second-order valence-electron chi connectivity index (χ2n) is 6.22. The SMILES string of the molecule is O=C(CNC(=O)c1cccc(F)c1)NCc1ccc(OCc2ccccn2)cc1. The van der Waals surface area contributed by atoms with Gasteiger partial charge in [0.1, 0.15) is 18.2 Å². The second kappa shape index (κ2) is 9.98. The van der Waals surface area contributed by atoms with Gasteiger partial charge in [0.25, 0.3) is 5.91 Å². The van der Waals surface area contributed by atoms with E-state index in [1.165, 1.54) is 18.2 Å². The van der Waals surface area contributed by atoms with Gasteiger partial charge in [-0.05, 0) is 48.0 Å². The number of carbonyl (C=O) groups excluding carboxylic acids is 2. The molecular weight excluding hydrogens is 373 g/mol. The molecule has 0 atom stereocenters. The number of amides is 2. The van der Waals surface area contributed by atoms with Crippen LogP contribution in [0.25, 0.3) is 0 Å². The van der Waals surface area contributed by atoms with Gasteiger partial charge in [0.2, 0.25) is 5.91 Å². The Morgan fingerprint density at radius 1 is 0.966 bits per heavy atom. The smallest absolute Gasteiger partial charge is 0.251 e. The van der Waals surface area contributed by atoms with E-state index in [1.54, 1.807) is 6.20 Å². The zero-order chi connectivity index (χ0) is 20.5. The first-order chi connectivity index (χ1) is 14.1. The lowest BCUT2D eigenvalue weighted by atomic mass is 10.2. The normalized spacial score (nSPS) is 10.2. The zero-order valence-electron chi connectivity index (χ0n) is 15.6. The fraction of sp³-hybridized carbons (Fsp3) is 0.136. The molecule has 0 fully saturated rings. The molecule has 148 valence electrons. The Kier molecular flexibility index (Phi) is 6.89. The summed E-state index contributed by atoms with van der Waals surface area (Å²) in [7, 11) is 0. The van der Waals surface area contributed by atoms with Crippen molar-refractivity contribution >= 4 is 11.8 Å². The van der Waals surface area contributed by atoms with Crippen LogP contribution in [0.4, 0.5) is 4.39 Å². The van der Waals surface area contributed by atoms with E-state index < -0.39 is 11.7 Å². The van der Waals surface area contributed by atoms with E-state index in [2.05, 4.69) is 15.6 Å². The van der Waals surface area contributed by atoms with Crippen LogP contribution in [0.5, 0.6) is 5.75 Å². The minimum atomic E-state index is -0.506. The summed E-state index contributed by atoms with van der Waals surface area (Å²) in [5, 5.41) is 5.18. The fourth-order valence-corrected chi connectivity index (χ4v) is 2.50. The van der Waals surface area contributed by atoms with Crippen LogP contribution >= 0.6 is 0 Å². The summed E-state index contributed by atoms with van der Waals surface area (Å²) in [6, 6.07) is 18.2. The van der Waals surface area contributed by atoms with Crippen molar-refractivity contribution < 1.29 is 18.7 Å². The topological polar surface area (TPSA) is 80.3 Å². The first-order valence-electron chi connectivity index (χ1n) is 9.02. The van der Waals surface area contributed by atoms with Gasteiger partial charge in [-0.2, -0.15) is 0 Å². The van der Waals surface area contributed by atoms with E-state index in [0.717, 1.165) is 17.3 Å². The highest BCUT2D eigenvalue weighted by Crippen LogP contribution is 2.13. The Bertz CT molecular complexity index is 963. The van der Waals surface area contributed by atoms with Gasteiger partial charge in [0.15, 0.2) is 0 Å². The highest BCUT2D eigenvalue weighted by Gasteiger charge is 2.08. The van der Waals surface area contributed by atoms with Crippen LogP contribution in [0.1, 0.15) is 21.6 Å². The Morgan fingerprint density at radius 2 is 1.79 bits per heavy atom. The monoisotopic (exact) mass is 393 g/mol. The summed E-state index contributed by atoms with van der Waals surface area (Å²) in [6.07, 6.45) is 1.71. The van der Waals surface area contributed by atoms with E-state index in [0.29, 0.717) is 18.9 Å². The second-order valence-corrected chi connectivity index (χ2v) is 6.22. The number of rotatable bonds is 8. The number of aromatic nitrogens is 1. The van der Waals surface area contributed by atoms with Crippen molar-refractivity contribution in [2.45, 2.75) is 13.2 Å². The minimum absolute atomic E-state index is 0.166. The largest absolute Gasteiger partial charge is 0.487 e. The van der Waals surface area contributed by atoms with E-state index in [9.17, 15) is 14.0 Å². The molecule has 6 nitrogen and oxygen atoms in total. The zero-order valence-corrected chi connectivity index (χ0v) is 15.6. The third kappa shape index (κ3) is 6.42. The van der Waals surface area contributed by atoms with Crippen LogP contribution in [-0.2, 0) is 17.9 Å². The summed E-state index contributed by atoms with van der Waals surface area (Å²) in [5.74, 6) is -0.651. The fourth-order valence-electron chi connectivity index (χ4n) is 2.50. The summed E-state index contributed by atoms with van der Waals surface area (Å²) < 4.78 is 18.8. The number of ether oxygens (including phenoxy) is 1. The molecule has 0 bridgehead atoms. The van der Waals surface area contributed by atoms with Crippen LogP contribution in [-0.4, -0.2) is 23.3 Å². The molecule has 2 N–H and O–H groups in total. The van der Waals surface area contributed by atoms with Crippen LogP contribution < -0.4 is 15.4 Å². The van der Waals surface area contributed by atoms with Crippen molar-refractivity contribution in [1.29, 1.82) is 0 Å². The quantitative estimate of drug-likeness (QED) is 0.617. The molecule has 1 aromatic heterocycles.